The van der Waals surface area contributed by atoms with Gasteiger partial charge in [0.05, 0.1) is 53.0 Å². The van der Waals surface area contributed by atoms with Crippen molar-refractivity contribution < 1.29 is 22.9 Å². The predicted octanol–water partition coefficient (Wildman–Crippen LogP) is 2.88. The highest BCUT2D eigenvalue weighted by atomic mass is 32.5. The molecule has 1 aromatic carbocycles. The number of morpholine rings is 1. The number of halogens is 1. The molecule has 11 nitrogen and oxygen atoms in total. The molecule has 2 aliphatic rings. The summed E-state index contributed by atoms with van der Waals surface area (Å²) < 4.78 is 44.9. The van der Waals surface area contributed by atoms with Crippen molar-refractivity contribution in [2.24, 2.45) is 0 Å². The lowest BCUT2D eigenvalue weighted by Crippen LogP contribution is -2.40. The van der Waals surface area contributed by atoms with Crippen LogP contribution in [0.4, 0.5) is 4.39 Å². The van der Waals surface area contributed by atoms with E-state index >= 15 is 4.39 Å². The number of carbonyl (C=O) groups is 1. The molecule has 210 valence electrons. The topological polar surface area (TPSA) is 116 Å². The zero-order valence-corrected chi connectivity index (χ0v) is 23.7. The van der Waals surface area contributed by atoms with E-state index in [1.165, 1.54) is 42.5 Å². The van der Waals surface area contributed by atoms with Gasteiger partial charge in [-0.05, 0) is 50.5 Å². The average Bonchev–Trinajstić information content (AvgIpc) is 3.58. The summed E-state index contributed by atoms with van der Waals surface area (Å²) in [5, 5.41) is 10.7. The molecule has 4 heterocycles. The molecule has 1 N–H and O–H groups in total. The van der Waals surface area contributed by atoms with Crippen molar-refractivity contribution in [1.29, 1.82) is 0 Å². The Hall–Kier alpha value is -3.38. The summed E-state index contributed by atoms with van der Waals surface area (Å²) >= 11 is 0. The first-order chi connectivity index (χ1) is 19.3. The molecule has 1 saturated carbocycles. The summed E-state index contributed by atoms with van der Waals surface area (Å²) in [5.41, 5.74) is 3.06. The second-order valence-electron chi connectivity index (χ2n) is 9.84. The highest BCUT2D eigenvalue weighted by molar-refractivity contribution is 8.19. The molecule has 3 aromatic heterocycles. The molecular formula is C26H29FN7O4PS. The number of pyridine rings is 1. The second kappa shape index (κ2) is 10.9. The maximum atomic E-state index is 15.4. The van der Waals surface area contributed by atoms with Crippen molar-refractivity contribution in [3.8, 4) is 5.75 Å². The highest BCUT2D eigenvalue weighted by Crippen LogP contribution is 2.40. The van der Waals surface area contributed by atoms with E-state index in [1.807, 2.05) is 16.7 Å². The van der Waals surface area contributed by atoms with Crippen LogP contribution in [0.1, 0.15) is 46.1 Å². The Bertz CT molecular complexity index is 1680. The molecule has 0 spiro atoms. The fourth-order valence-corrected chi connectivity index (χ4v) is 7.62. The van der Waals surface area contributed by atoms with Gasteiger partial charge in [0.15, 0.2) is 17.3 Å². The number of carbonyl (C=O) groups excluding carboxylic acids is 1. The van der Waals surface area contributed by atoms with Gasteiger partial charge in [-0.15, -0.1) is 5.10 Å². The number of fused-ring (bicyclic) bond motifs is 1. The van der Waals surface area contributed by atoms with Gasteiger partial charge in [-0.1, -0.05) is 11.3 Å². The summed E-state index contributed by atoms with van der Waals surface area (Å²) in [4.78, 5) is 17.8. The molecular weight excluding hydrogens is 556 g/mol. The third kappa shape index (κ3) is 5.34. The van der Waals surface area contributed by atoms with Crippen molar-refractivity contribution in [3.63, 3.8) is 0 Å². The maximum absolute atomic E-state index is 15.4. The molecule has 14 heteroatoms. The molecule has 1 atom stereocenters. The molecule has 0 bridgehead atoms. The summed E-state index contributed by atoms with van der Waals surface area (Å²) in [7, 11) is 1.78. The Morgan fingerprint density at radius 1 is 1.20 bits per heavy atom. The van der Waals surface area contributed by atoms with Gasteiger partial charge in [-0.3, -0.25) is 4.79 Å². The van der Waals surface area contributed by atoms with E-state index in [-0.39, 0.29) is 28.4 Å². The zero-order valence-electron chi connectivity index (χ0n) is 21.9. The van der Waals surface area contributed by atoms with E-state index in [0.717, 1.165) is 11.3 Å². The Labute approximate surface area is 232 Å². The Balaban J connectivity index is 1.17. The summed E-state index contributed by atoms with van der Waals surface area (Å²) in [6.45, 7) is 1.76. The van der Waals surface area contributed by atoms with Crippen LogP contribution in [0.15, 0.2) is 47.8 Å². The summed E-state index contributed by atoms with van der Waals surface area (Å²) in [6.07, 6.45) is 8.03. The fourth-order valence-electron chi connectivity index (χ4n) is 4.81. The molecule has 1 unspecified atom stereocenters. The normalized spacial score (nSPS) is 17.6. The number of aromatic nitrogens is 5. The average molecular weight is 586 g/mol. The lowest BCUT2D eigenvalue weighted by molar-refractivity contribution is 0.0750. The van der Waals surface area contributed by atoms with Gasteiger partial charge in [-0.2, -0.15) is 0 Å². The SMILES string of the molecule is COc1ccc(S(=O)(=P)N2CCOCC2)c(CNC(=O)c2cn(Cc3cn4cc(C5CC5)ccc4n3)nn2)c1F. The van der Waals surface area contributed by atoms with Crippen LogP contribution in [0, 0.1) is 5.82 Å². The zero-order chi connectivity index (χ0) is 27.9. The molecule has 2 fully saturated rings. The van der Waals surface area contributed by atoms with Crippen LogP contribution in [-0.4, -0.2) is 72.2 Å². The largest absolute Gasteiger partial charge is 0.494 e. The van der Waals surface area contributed by atoms with E-state index in [0.29, 0.717) is 38.8 Å². The predicted molar refractivity (Wildman–Crippen MR) is 148 cm³/mol. The molecule has 0 radical (unpaired) electrons. The van der Waals surface area contributed by atoms with E-state index in [1.54, 1.807) is 10.4 Å². The summed E-state index contributed by atoms with van der Waals surface area (Å²) in [5.74, 6) is -0.608. The highest BCUT2D eigenvalue weighted by Gasteiger charge is 2.28. The standard InChI is InChI=1S/C26H29FN7O4PS/c1-37-22-5-6-23(40(36,39)34-8-10-38-11-9-34)20(25(22)27)12-28-26(35)21-16-33(31-30-21)15-19-14-32-13-18(17-2-3-17)4-7-24(32)29-19/h4-7,13-14,16-17,39H,2-3,8-12,15H2,1H3,(H,28,35). The Morgan fingerprint density at radius 2 is 2.00 bits per heavy atom. The van der Waals surface area contributed by atoms with Crippen molar-refractivity contribution in [2.75, 3.05) is 33.4 Å². The van der Waals surface area contributed by atoms with E-state index < -0.39 is 21.0 Å². The molecule has 1 aliphatic heterocycles. The lowest BCUT2D eigenvalue weighted by Gasteiger charge is -2.30. The van der Waals surface area contributed by atoms with Gasteiger partial charge >= 0.3 is 0 Å². The van der Waals surface area contributed by atoms with Gasteiger partial charge in [0.25, 0.3) is 5.91 Å². The Kier molecular flexibility index (Phi) is 7.30. The van der Waals surface area contributed by atoms with E-state index in [2.05, 4.69) is 40.9 Å². The number of hydrogen-bond acceptors (Lipinski definition) is 7. The number of nitrogens with zero attached hydrogens (tertiary/aromatic N) is 6. The smallest absolute Gasteiger partial charge is 0.273 e. The van der Waals surface area contributed by atoms with Crippen LogP contribution in [0.2, 0.25) is 0 Å². The fraction of sp³-hybridized carbons (Fsp3) is 0.385. The number of benzene rings is 1. The van der Waals surface area contributed by atoms with E-state index in [9.17, 15) is 9.00 Å². The first-order valence-electron chi connectivity index (χ1n) is 13.0. The van der Waals surface area contributed by atoms with Crippen molar-refractivity contribution in [2.45, 2.75) is 36.7 Å². The van der Waals surface area contributed by atoms with Crippen LogP contribution in [0.3, 0.4) is 0 Å². The van der Waals surface area contributed by atoms with Crippen molar-refractivity contribution >= 4 is 28.9 Å². The lowest BCUT2D eigenvalue weighted by atomic mass is 10.2. The number of amides is 1. The number of ether oxygens (including phenoxy) is 2. The van der Waals surface area contributed by atoms with Crippen LogP contribution in [0.5, 0.6) is 5.75 Å². The molecule has 6 rings (SSSR count). The number of nitrogens with one attached hydrogen (secondary N) is 1. The van der Waals surface area contributed by atoms with Gasteiger partial charge in [-0.25, -0.2) is 22.6 Å². The third-order valence-corrected chi connectivity index (χ3v) is 10.6. The van der Waals surface area contributed by atoms with Gasteiger partial charge in [0.2, 0.25) is 0 Å². The van der Waals surface area contributed by atoms with Crippen LogP contribution in [0.25, 0.3) is 5.65 Å². The number of rotatable bonds is 9. The van der Waals surface area contributed by atoms with Crippen LogP contribution >= 0.6 is 8.02 Å². The molecule has 4 aromatic rings. The van der Waals surface area contributed by atoms with Gasteiger partial charge < -0.3 is 19.2 Å². The molecule has 1 aliphatic carbocycles. The molecule has 40 heavy (non-hydrogen) atoms. The second-order valence-corrected chi connectivity index (χ2v) is 13.5. The first kappa shape index (κ1) is 26.8. The minimum Gasteiger partial charge on any atom is -0.494 e. The quantitative estimate of drug-likeness (QED) is 0.301. The maximum Gasteiger partial charge on any atom is 0.273 e. The number of imidazole rings is 1. The number of methoxy groups -OCH3 is 1. The van der Waals surface area contributed by atoms with Gasteiger partial charge in [0, 0.05) is 37.6 Å². The third-order valence-electron chi connectivity index (χ3n) is 7.11. The first-order valence-corrected chi connectivity index (χ1v) is 15.7. The Morgan fingerprint density at radius 3 is 2.75 bits per heavy atom. The van der Waals surface area contributed by atoms with Crippen LogP contribution < -0.4 is 10.1 Å². The van der Waals surface area contributed by atoms with E-state index in [4.69, 9.17) is 9.47 Å². The number of hydrogen-bond donors (Lipinski definition) is 1. The minimum atomic E-state index is -2.98. The molecule has 1 saturated heterocycles. The van der Waals surface area contributed by atoms with Crippen molar-refractivity contribution in [3.05, 3.63) is 71.2 Å². The summed E-state index contributed by atoms with van der Waals surface area (Å²) in [6, 6.07) is 7.10. The minimum absolute atomic E-state index is 0.0144. The molecule has 1 amide bonds. The van der Waals surface area contributed by atoms with Crippen LogP contribution in [-0.2, 0) is 27.1 Å². The monoisotopic (exact) mass is 585 g/mol. The van der Waals surface area contributed by atoms with Crippen molar-refractivity contribution in [1.82, 2.24) is 34.0 Å². The van der Waals surface area contributed by atoms with Gasteiger partial charge in [0.1, 0.15) is 5.65 Å².